The average molecular weight is 284 g/mol. The molecule has 2 fully saturated rings. The molecule has 1 saturated heterocycles. The Bertz CT molecular complexity index is 391. The van der Waals surface area contributed by atoms with Gasteiger partial charge in [0.05, 0.1) is 29.4 Å². The van der Waals surface area contributed by atoms with E-state index >= 15 is 0 Å². The Morgan fingerprint density at radius 1 is 1.35 bits per heavy atom. The van der Waals surface area contributed by atoms with Crippen molar-refractivity contribution in [2.45, 2.75) is 76.7 Å². The number of rotatable bonds is 4. The molecule has 0 aromatic rings. The van der Waals surface area contributed by atoms with Crippen LogP contribution in [0, 0.1) is 5.92 Å². The van der Waals surface area contributed by atoms with Gasteiger partial charge < -0.3 is 20.5 Å². The molecule has 5 nitrogen and oxygen atoms in total. The van der Waals surface area contributed by atoms with Crippen molar-refractivity contribution in [1.82, 2.24) is 10.6 Å². The summed E-state index contributed by atoms with van der Waals surface area (Å²) in [5.41, 5.74) is -1.11. The highest BCUT2D eigenvalue weighted by Gasteiger charge is 2.47. The first-order valence-electron chi connectivity index (χ1n) is 7.48. The lowest BCUT2D eigenvalue weighted by molar-refractivity contribution is -0.0691. The van der Waals surface area contributed by atoms with E-state index in [-0.39, 0.29) is 29.9 Å². The number of carbonyl (C=O) groups excluding carboxylic acids is 1. The number of amides is 2. The van der Waals surface area contributed by atoms with Gasteiger partial charge in [-0.2, -0.15) is 0 Å². The number of hydrogen-bond acceptors (Lipinski definition) is 3. The fraction of sp³-hybridized carbons (Fsp3) is 0.933. The Kier molecular flexibility index (Phi) is 3.80. The SMILES string of the molecule is CC1(C)CC(NC(=O)NC(C)(CO)C2CC2)C(C)(C)O1. The molecule has 2 amide bonds. The van der Waals surface area contributed by atoms with Crippen LogP contribution in [0.25, 0.3) is 0 Å². The Morgan fingerprint density at radius 2 is 1.95 bits per heavy atom. The van der Waals surface area contributed by atoms with Crippen molar-refractivity contribution in [1.29, 1.82) is 0 Å². The van der Waals surface area contributed by atoms with Gasteiger partial charge in [0.25, 0.3) is 0 Å². The zero-order valence-electron chi connectivity index (χ0n) is 13.2. The summed E-state index contributed by atoms with van der Waals surface area (Å²) >= 11 is 0. The van der Waals surface area contributed by atoms with Gasteiger partial charge in [-0.15, -0.1) is 0 Å². The molecule has 1 heterocycles. The highest BCUT2D eigenvalue weighted by atomic mass is 16.5. The van der Waals surface area contributed by atoms with Crippen molar-refractivity contribution in [2.24, 2.45) is 5.92 Å². The average Bonchev–Trinajstić information content (AvgIpc) is 3.06. The summed E-state index contributed by atoms with van der Waals surface area (Å²) < 4.78 is 5.97. The highest BCUT2D eigenvalue weighted by molar-refractivity contribution is 5.75. The van der Waals surface area contributed by atoms with Gasteiger partial charge in [0.15, 0.2) is 0 Å². The lowest BCUT2D eigenvalue weighted by Crippen LogP contribution is -2.57. The summed E-state index contributed by atoms with van der Waals surface area (Å²) in [6.07, 6.45) is 2.93. The Balaban J connectivity index is 1.94. The summed E-state index contributed by atoms with van der Waals surface area (Å²) in [6.45, 7) is 9.95. The minimum absolute atomic E-state index is 0.0266. The summed E-state index contributed by atoms with van der Waals surface area (Å²) in [5, 5.41) is 15.5. The predicted molar refractivity (Wildman–Crippen MR) is 77.5 cm³/mol. The quantitative estimate of drug-likeness (QED) is 0.737. The molecule has 2 aliphatic rings. The molecule has 2 rings (SSSR count). The summed E-state index contributed by atoms with van der Waals surface area (Å²) in [6, 6.07) is -0.243. The number of ether oxygens (including phenoxy) is 1. The summed E-state index contributed by atoms with van der Waals surface area (Å²) in [4.78, 5) is 12.2. The molecule has 0 spiro atoms. The normalized spacial score (nSPS) is 30.6. The Hall–Kier alpha value is -0.810. The van der Waals surface area contributed by atoms with Crippen molar-refractivity contribution in [2.75, 3.05) is 6.61 Å². The lowest BCUT2D eigenvalue weighted by Gasteiger charge is -2.32. The molecule has 0 aromatic carbocycles. The van der Waals surface area contributed by atoms with Gasteiger partial charge in [-0.25, -0.2) is 4.79 Å². The summed E-state index contributed by atoms with van der Waals surface area (Å²) in [7, 11) is 0. The van der Waals surface area contributed by atoms with Crippen LogP contribution in [0.2, 0.25) is 0 Å². The molecule has 2 unspecified atom stereocenters. The molecule has 0 radical (unpaired) electrons. The maximum atomic E-state index is 12.2. The van der Waals surface area contributed by atoms with Crippen molar-refractivity contribution in [3.8, 4) is 0 Å². The van der Waals surface area contributed by atoms with Gasteiger partial charge >= 0.3 is 6.03 Å². The number of hydrogen-bond donors (Lipinski definition) is 3. The summed E-state index contributed by atoms with van der Waals surface area (Å²) in [5.74, 6) is 0.391. The zero-order valence-corrected chi connectivity index (χ0v) is 13.2. The van der Waals surface area contributed by atoms with Crippen LogP contribution >= 0.6 is 0 Å². The van der Waals surface area contributed by atoms with Crippen LogP contribution in [0.4, 0.5) is 4.79 Å². The van der Waals surface area contributed by atoms with E-state index < -0.39 is 5.54 Å². The van der Waals surface area contributed by atoms with E-state index in [1.807, 2.05) is 34.6 Å². The lowest BCUT2D eigenvalue weighted by atomic mass is 9.94. The van der Waals surface area contributed by atoms with Gasteiger partial charge in [0.1, 0.15) is 0 Å². The third kappa shape index (κ3) is 3.26. The first-order valence-corrected chi connectivity index (χ1v) is 7.48. The largest absolute Gasteiger partial charge is 0.394 e. The van der Waals surface area contributed by atoms with E-state index in [2.05, 4.69) is 10.6 Å². The number of nitrogens with one attached hydrogen (secondary N) is 2. The second-order valence-corrected chi connectivity index (χ2v) is 7.67. The minimum atomic E-state index is -0.511. The Morgan fingerprint density at radius 3 is 2.35 bits per heavy atom. The van der Waals surface area contributed by atoms with Gasteiger partial charge in [-0.05, 0) is 59.8 Å². The van der Waals surface area contributed by atoms with Gasteiger partial charge in [-0.3, -0.25) is 0 Å². The molecule has 20 heavy (non-hydrogen) atoms. The van der Waals surface area contributed by atoms with Crippen LogP contribution in [0.3, 0.4) is 0 Å². The van der Waals surface area contributed by atoms with Crippen LogP contribution in [-0.4, -0.2) is 40.5 Å². The molecule has 3 N–H and O–H groups in total. The third-order valence-corrected chi connectivity index (χ3v) is 4.59. The van der Waals surface area contributed by atoms with Crippen LogP contribution < -0.4 is 10.6 Å². The van der Waals surface area contributed by atoms with E-state index in [1.165, 1.54) is 0 Å². The Labute approximate surface area is 121 Å². The van der Waals surface area contributed by atoms with Crippen molar-refractivity contribution in [3.05, 3.63) is 0 Å². The molecule has 116 valence electrons. The van der Waals surface area contributed by atoms with Crippen LogP contribution in [0.5, 0.6) is 0 Å². The molecule has 1 aliphatic carbocycles. The molecule has 2 atom stereocenters. The minimum Gasteiger partial charge on any atom is -0.394 e. The van der Waals surface area contributed by atoms with Crippen LogP contribution in [0.15, 0.2) is 0 Å². The fourth-order valence-electron chi connectivity index (χ4n) is 3.23. The number of carbonyl (C=O) groups is 1. The first kappa shape index (κ1) is 15.6. The van der Waals surface area contributed by atoms with Crippen molar-refractivity contribution < 1.29 is 14.6 Å². The smallest absolute Gasteiger partial charge is 0.315 e. The first-order chi connectivity index (χ1) is 9.08. The van der Waals surface area contributed by atoms with Gasteiger partial charge in [0, 0.05) is 0 Å². The zero-order chi connectivity index (χ0) is 15.2. The van der Waals surface area contributed by atoms with E-state index in [0.717, 1.165) is 19.3 Å². The predicted octanol–water partition coefficient (Wildman–Crippen LogP) is 1.79. The maximum absolute atomic E-state index is 12.2. The van der Waals surface area contributed by atoms with E-state index in [1.54, 1.807) is 0 Å². The molecule has 1 aliphatic heterocycles. The van der Waals surface area contributed by atoms with Gasteiger partial charge in [-0.1, -0.05) is 0 Å². The molecule has 5 heteroatoms. The molecular weight excluding hydrogens is 256 g/mol. The topological polar surface area (TPSA) is 70.6 Å². The molecular formula is C15H28N2O3. The fourth-order valence-corrected chi connectivity index (χ4v) is 3.23. The van der Waals surface area contributed by atoms with Gasteiger partial charge in [0.2, 0.25) is 0 Å². The second kappa shape index (κ2) is 4.88. The van der Waals surface area contributed by atoms with E-state index in [4.69, 9.17) is 4.74 Å². The van der Waals surface area contributed by atoms with Crippen LogP contribution in [0.1, 0.15) is 53.9 Å². The standard InChI is InChI=1S/C15H28N2O3/c1-13(2)8-11(14(3,4)20-13)16-12(19)17-15(5,9-18)10-6-7-10/h10-11,18H,6-9H2,1-5H3,(H2,16,17,19). The number of aliphatic hydroxyl groups excluding tert-OH is 1. The van der Waals surface area contributed by atoms with E-state index in [0.29, 0.717) is 5.92 Å². The second-order valence-electron chi connectivity index (χ2n) is 7.67. The monoisotopic (exact) mass is 284 g/mol. The number of urea groups is 1. The molecule has 0 bridgehead atoms. The molecule has 0 aromatic heterocycles. The number of aliphatic hydroxyl groups is 1. The van der Waals surface area contributed by atoms with Crippen molar-refractivity contribution >= 4 is 6.03 Å². The van der Waals surface area contributed by atoms with Crippen LogP contribution in [-0.2, 0) is 4.74 Å². The third-order valence-electron chi connectivity index (χ3n) is 4.59. The van der Waals surface area contributed by atoms with Crippen molar-refractivity contribution in [3.63, 3.8) is 0 Å². The molecule has 1 saturated carbocycles. The highest BCUT2D eigenvalue weighted by Crippen LogP contribution is 2.40. The van der Waals surface area contributed by atoms with E-state index in [9.17, 15) is 9.90 Å². The maximum Gasteiger partial charge on any atom is 0.315 e.